The molecular weight excluding hydrogens is 298 g/mol. The number of carbonyl (C=O) groups excluding carboxylic acids is 1. The number of aliphatic imine (C=N–C) groups is 1. The molecule has 0 saturated carbocycles. The van der Waals surface area contributed by atoms with Crippen LogP contribution in [0.2, 0.25) is 0 Å². The molecular formula is C20H21N3O. The van der Waals surface area contributed by atoms with E-state index in [4.69, 9.17) is 0 Å². The van der Waals surface area contributed by atoms with Gasteiger partial charge in [-0.05, 0) is 30.2 Å². The van der Waals surface area contributed by atoms with Crippen molar-refractivity contribution in [2.24, 2.45) is 4.99 Å². The summed E-state index contributed by atoms with van der Waals surface area (Å²) in [5.41, 5.74) is 4.48. The number of benzene rings is 2. The summed E-state index contributed by atoms with van der Waals surface area (Å²) < 4.78 is 0. The number of amides is 1. The molecule has 0 saturated heterocycles. The van der Waals surface area contributed by atoms with Crippen LogP contribution < -0.4 is 4.90 Å². The zero-order chi connectivity index (χ0) is 17.3. The maximum Gasteiger partial charge on any atom is 0.278 e. The van der Waals surface area contributed by atoms with Crippen molar-refractivity contribution in [3.05, 3.63) is 71.4 Å². The molecule has 2 aromatic rings. The van der Waals surface area contributed by atoms with Crippen LogP contribution in [0.15, 0.2) is 65.3 Å². The molecule has 3 rings (SSSR count). The molecule has 0 bridgehead atoms. The van der Waals surface area contributed by atoms with Crippen LogP contribution in [0, 0.1) is 0 Å². The van der Waals surface area contributed by atoms with Gasteiger partial charge in [0.25, 0.3) is 5.91 Å². The highest BCUT2D eigenvalue weighted by atomic mass is 16.2. The van der Waals surface area contributed by atoms with E-state index >= 15 is 0 Å². The number of amidine groups is 1. The Kier molecular flexibility index (Phi) is 4.21. The van der Waals surface area contributed by atoms with E-state index < -0.39 is 0 Å². The van der Waals surface area contributed by atoms with Gasteiger partial charge in [0, 0.05) is 32.4 Å². The minimum atomic E-state index is -0.0666. The third-order valence-electron chi connectivity index (χ3n) is 4.25. The van der Waals surface area contributed by atoms with Gasteiger partial charge in [-0.3, -0.25) is 9.69 Å². The van der Waals surface area contributed by atoms with Gasteiger partial charge in [-0.15, -0.1) is 0 Å². The lowest BCUT2D eigenvalue weighted by molar-refractivity contribution is -0.121. The van der Waals surface area contributed by atoms with Crippen LogP contribution in [-0.2, 0) is 4.79 Å². The second-order valence-corrected chi connectivity index (χ2v) is 6.08. The Bertz CT molecular complexity index is 818. The Balaban J connectivity index is 2.01. The fraction of sp³-hybridized carbons (Fsp3) is 0.200. The number of allylic oxidation sites excluding steroid dienone is 1. The quantitative estimate of drug-likeness (QED) is 0.813. The first kappa shape index (κ1) is 16.0. The summed E-state index contributed by atoms with van der Waals surface area (Å²) in [5, 5.41) is 0. The van der Waals surface area contributed by atoms with Gasteiger partial charge in [0.05, 0.1) is 0 Å². The lowest BCUT2D eigenvalue weighted by Gasteiger charge is -2.13. The van der Waals surface area contributed by atoms with Crippen molar-refractivity contribution in [2.75, 3.05) is 26.0 Å². The van der Waals surface area contributed by atoms with Gasteiger partial charge in [0.15, 0.2) is 0 Å². The molecule has 4 nitrogen and oxygen atoms in total. The minimum absolute atomic E-state index is 0.0666. The van der Waals surface area contributed by atoms with E-state index in [0.717, 1.165) is 22.4 Å². The first-order chi connectivity index (χ1) is 11.5. The highest BCUT2D eigenvalue weighted by molar-refractivity contribution is 6.20. The molecule has 0 aliphatic carbocycles. The van der Waals surface area contributed by atoms with Crippen LogP contribution in [0.5, 0.6) is 0 Å². The molecule has 0 N–H and O–H groups in total. The molecule has 0 radical (unpaired) electrons. The molecule has 122 valence electrons. The molecule has 4 heteroatoms. The summed E-state index contributed by atoms with van der Waals surface area (Å²) >= 11 is 0. The van der Waals surface area contributed by atoms with E-state index in [9.17, 15) is 4.79 Å². The second kappa shape index (κ2) is 6.32. The Hall–Kier alpha value is -2.88. The Morgan fingerprint density at radius 2 is 1.62 bits per heavy atom. The topological polar surface area (TPSA) is 35.9 Å². The number of rotatable bonds is 3. The predicted molar refractivity (Wildman–Crippen MR) is 99.1 cm³/mol. The van der Waals surface area contributed by atoms with Gasteiger partial charge in [-0.1, -0.05) is 42.5 Å². The Morgan fingerprint density at radius 1 is 1.00 bits per heavy atom. The van der Waals surface area contributed by atoms with Gasteiger partial charge in [-0.2, -0.15) is 0 Å². The van der Waals surface area contributed by atoms with Crippen LogP contribution in [0.25, 0.3) is 5.57 Å². The summed E-state index contributed by atoms with van der Waals surface area (Å²) in [5.74, 6) is 0.628. The standard InChI is InChI=1S/C20H21N3O/c1-14(15-10-12-17(13-11-15)22(2)3)18-20(24)23(4)19(21-18)16-8-6-5-7-9-16/h5-13H,1-4H3/b18-14-. The third-order valence-corrected chi connectivity index (χ3v) is 4.25. The molecule has 0 unspecified atom stereocenters. The molecule has 1 heterocycles. The molecule has 0 fully saturated rings. The second-order valence-electron chi connectivity index (χ2n) is 6.08. The van der Waals surface area contributed by atoms with Gasteiger partial charge in [0.1, 0.15) is 11.5 Å². The zero-order valence-corrected chi connectivity index (χ0v) is 14.4. The lowest BCUT2D eigenvalue weighted by Crippen LogP contribution is -2.28. The SMILES string of the molecule is C/C(=C1/N=C(c2ccccc2)N(C)C1=O)c1ccc(N(C)C)cc1. The summed E-state index contributed by atoms with van der Waals surface area (Å²) in [7, 11) is 5.78. The van der Waals surface area contributed by atoms with Crippen LogP contribution in [0.4, 0.5) is 5.69 Å². The van der Waals surface area contributed by atoms with Gasteiger partial charge < -0.3 is 4.90 Å². The first-order valence-corrected chi connectivity index (χ1v) is 7.90. The summed E-state index contributed by atoms with van der Waals surface area (Å²) in [6.45, 7) is 1.95. The molecule has 0 atom stereocenters. The third kappa shape index (κ3) is 2.83. The smallest absolute Gasteiger partial charge is 0.278 e. The fourth-order valence-electron chi connectivity index (χ4n) is 2.72. The normalized spacial score (nSPS) is 16.2. The predicted octanol–water partition coefficient (Wildman–Crippen LogP) is 3.40. The largest absolute Gasteiger partial charge is 0.378 e. The Labute approximate surface area is 142 Å². The molecule has 1 aliphatic heterocycles. The van der Waals surface area contributed by atoms with E-state index in [1.165, 1.54) is 0 Å². The van der Waals surface area contributed by atoms with Crippen molar-refractivity contribution in [3.63, 3.8) is 0 Å². The molecule has 2 aromatic carbocycles. The van der Waals surface area contributed by atoms with Crippen molar-refractivity contribution in [2.45, 2.75) is 6.92 Å². The zero-order valence-electron chi connectivity index (χ0n) is 14.4. The van der Waals surface area contributed by atoms with E-state index in [0.29, 0.717) is 11.5 Å². The van der Waals surface area contributed by atoms with Crippen molar-refractivity contribution >= 4 is 23.0 Å². The van der Waals surface area contributed by atoms with E-state index in [1.807, 2.05) is 80.5 Å². The van der Waals surface area contributed by atoms with E-state index in [1.54, 1.807) is 11.9 Å². The highest BCUT2D eigenvalue weighted by Crippen LogP contribution is 2.27. The average Bonchev–Trinajstić information content (AvgIpc) is 2.91. The van der Waals surface area contributed by atoms with Crippen molar-refractivity contribution in [1.29, 1.82) is 0 Å². The molecule has 0 aromatic heterocycles. The van der Waals surface area contributed by atoms with Crippen LogP contribution in [-0.4, -0.2) is 37.8 Å². The monoisotopic (exact) mass is 319 g/mol. The first-order valence-electron chi connectivity index (χ1n) is 7.90. The van der Waals surface area contributed by atoms with Crippen LogP contribution in [0.1, 0.15) is 18.1 Å². The van der Waals surface area contributed by atoms with Gasteiger partial charge in [0.2, 0.25) is 0 Å². The van der Waals surface area contributed by atoms with Crippen molar-refractivity contribution < 1.29 is 4.79 Å². The highest BCUT2D eigenvalue weighted by Gasteiger charge is 2.29. The molecule has 1 aliphatic rings. The van der Waals surface area contributed by atoms with Crippen molar-refractivity contribution in [1.82, 2.24) is 4.90 Å². The maximum atomic E-state index is 12.6. The average molecular weight is 319 g/mol. The number of likely N-dealkylation sites (N-methyl/N-ethyl adjacent to an activating group) is 1. The summed E-state index contributed by atoms with van der Waals surface area (Å²) in [4.78, 5) is 20.9. The number of hydrogen-bond donors (Lipinski definition) is 0. The van der Waals surface area contributed by atoms with Gasteiger partial charge in [-0.25, -0.2) is 4.99 Å². The fourth-order valence-corrected chi connectivity index (χ4v) is 2.72. The summed E-state index contributed by atoms with van der Waals surface area (Å²) in [6.07, 6.45) is 0. The van der Waals surface area contributed by atoms with Crippen molar-refractivity contribution in [3.8, 4) is 0 Å². The molecule has 24 heavy (non-hydrogen) atoms. The maximum absolute atomic E-state index is 12.6. The number of nitrogens with zero attached hydrogens (tertiary/aromatic N) is 3. The molecule has 1 amide bonds. The summed E-state index contributed by atoms with van der Waals surface area (Å²) in [6, 6.07) is 17.9. The Morgan fingerprint density at radius 3 is 2.21 bits per heavy atom. The van der Waals surface area contributed by atoms with Crippen LogP contribution >= 0.6 is 0 Å². The van der Waals surface area contributed by atoms with E-state index in [2.05, 4.69) is 4.99 Å². The number of carbonyl (C=O) groups is 1. The number of hydrogen-bond acceptors (Lipinski definition) is 3. The van der Waals surface area contributed by atoms with E-state index in [-0.39, 0.29) is 5.91 Å². The lowest BCUT2D eigenvalue weighted by atomic mass is 10.0. The molecule has 0 spiro atoms. The van der Waals surface area contributed by atoms with Crippen LogP contribution in [0.3, 0.4) is 0 Å². The van der Waals surface area contributed by atoms with Gasteiger partial charge >= 0.3 is 0 Å². The number of anilines is 1. The minimum Gasteiger partial charge on any atom is -0.378 e.